The molecule has 1 aliphatic heterocycles. The Hall–Kier alpha value is -2.38. The van der Waals surface area contributed by atoms with E-state index in [1.54, 1.807) is 0 Å². The topological polar surface area (TPSA) is 57.9 Å². The van der Waals surface area contributed by atoms with Crippen LogP contribution in [0.4, 0.5) is 0 Å². The van der Waals surface area contributed by atoms with Crippen LogP contribution in [-0.4, -0.2) is 72.9 Å². The summed E-state index contributed by atoms with van der Waals surface area (Å²) in [6, 6.07) is 9.02. The number of guanidine groups is 1. The molecule has 1 saturated heterocycles. The van der Waals surface area contributed by atoms with Crippen molar-refractivity contribution in [3.05, 3.63) is 53.3 Å². The van der Waals surface area contributed by atoms with Crippen molar-refractivity contribution in [1.82, 2.24) is 24.9 Å². The average Bonchev–Trinajstić information content (AvgIpc) is 3.13. The van der Waals surface area contributed by atoms with Gasteiger partial charge in [-0.3, -0.25) is 9.67 Å². The maximum absolute atomic E-state index is 5.96. The Balaban J connectivity index is 1.65. The van der Waals surface area contributed by atoms with Crippen LogP contribution in [0.2, 0.25) is 0 Å². The Morgan fingerprint density at radius 3 is 2.71 bits per heavy atom. The Kier molecular flexibility index (Phi) is 6.70. The van der Waals surface area contributed by atoms with Gasteiger partial charge in [0.2, 0.25) is 0 Å². The first-order chi connectivity index (χ1) is 13.5. The number of aliphatic imine (C=N–C) groups is 1. The molecule has 7 nitrogen and oxygen atoms in total. The van der Waals surface area contributed by atoms with E-state index in [-0.39, 0.29) is 12.1 Å². The summed E-state index contributed by atoms with van der Waals surface area (Å²) < 4.78 is 7.77. The Morgan fingerprint density at radius 1 is 1.36 bits per heavy atom. The lowest BCUT2D eigenvalue weighted by atomic mass is 10.0. The first kappa shape index (κ1) is 20.4. The molecule has 0 bridgehead atoms. The largest absolute Gasteiger partial charge is 0.370 e. The van der Waals surface area contributed by atoms with Gasteiger partial charge in [0.25, 0.3) is 0 Å². The van der Waals surface area contributed by atoms with Gasteiger partial charge in [-0.2, -0.15) is 5.10 Å². The molecule has 1 aromatic heterocycles. The van der Waals surface area contributed by atoms with Crippen LogP contribution < -0.4 is 5.32 Å². The molecule has 0 radical (unpaired) electrons. The quantitative estimate of drug-likeness (QED) is 0.631. The minimum absolute atomic E-state index is 0.0164. The predicted molar refractivity (Wildman–Crippen MR) is 112 cm³/mol. The molecule has 1 aliphatic rings. The van der Waals surface area contributed by atoms with Crippen molar-refractivity contribution in [1.29, 1.82) is 0 Å². The normalized spacial score (nSPS) is 19.1. The van der Waals surface area contributed by atoms with Crippen LogP contribution >= 0.6 is 0 Å². The van der Waals surface area contributed by atoms with Crippen LogP contribution in [0.15, 0.2) is 41.7 Å². The third kappa shape index (κ3) is 4.91. The van der Waals surface area contributed by atoms with E-state index in [9.17, 15) is 0 Å². The zero-order valence-electron chi connectivity index (χ0n) is 17.6. The van der Waals surface area contributed by atoms with E-state index in [4.69, 9.17) is 4.74 Å². The minimum Gasteiger partial charge on any atom is -0.370 e. The van der Waals surface area contributed by atoms with Crippen LogP contribution in [0, 0.1) is 6.92 Å². The maximum atomic E-state index is 5.96. The van der Waals surface area contributed by atoms with Crippen molar-refractivity contribution in [2.45, 2.75) is 19.1 Å². The van der Waals surface area contributed by atoms with Gasteiger partial charge in [-0.15, -0.1) is 0 Å². The number of likely N-dealkylation sites (N-methyl/N-ethyl adjacent to an activating group) is 1. The van der Waals surface area contributed by atoms with Gasteiger partial charge in [-0.1, -0.05) is 29.8 Å². The SMILES string of the molecule is CN=C(NCC(c1ccc(C)cc1)N(C)C)N1CCOC(c2cnn(C)c2)C1. The van der Waals surface area contributed by atoms with Gasteiger partial charge < -0.3 is 19.9 Å². The number of aromatic nitrogens is 2. The van der Waals surface area contributed by atoms with Gasteiger partial charge in [0.05, 0.1) is 25.4 Å². The van der Waals surface area contributed by atoms with Gasteiger partial charge in [0.15, 0.2) is 5.96 Å². The molecule has 0 spiro atoms. The smallest absolute Gasteiger partial charge is 0.193 e. The van der Waals surface area contributed by atoms with Gasteiger partial charge in [-0.25, -0.2) is 0 Å². The number of hydrogen-bond donors (Lipinski definition) is 1. The van der Waals surface area contributed by atoms with Crippen LogP contribution in [0.3, 0.4) is 0 Å². The molecule has 28 heavy (non-hydrogen) atoms. The monoisotopic (exact) mass is 384 g/mol. The molecule has 1 fully saturated rings. The standard InChI is InChI=1S/C21H32N6O/c1-16-6-8-17(9-7-16)19(25(3)4)13-23-21(22-2)27-10-11-28-20(15-27)18-12-24-26(5)14-18/h6-9,12,14,19-20H,10-11,13,15H2,1-5H3,(H,22,23). The van der Waals surface area contributed by atoms with E-state index in [1.807, 2.05) is 31.2 Å². The summed E-state index contributed by atoms with van der Waals surface area (Å²) in [7, 11) is 7.99. The Bertz CT molecular complexity index is 782. The second kappa shape index (κ2) is 9.21. The average molecular weight is 385 g/mol. The second-order valence-electron chi connectivity index (χ2n) is 7.57. The van der Waals surface area contributed by atoms with Crippen LogP contribution in [0.25, 0.3) is 0 Å². The predicted octanol–water partition coefficient (Wildman–Crippen LogP) is 1.98. The zero-order chi connectivity index (χ0) is 20.1. The first-order valence-corrected chi connectivity index (χ1v) is 9.76. The highest BCUT2D eigenvalue weighted by Gasteiger charge is 2.25. The molecule has 0 saturated carbocycles. The number of aryl methyl sites for hydroxylation is 2. The van der Waals surface area contributed by atoms with E-state index < -0.39 is 0 Å². The maximum Gasteiger partial charge on any atom is 0.193 e. The zero-order valence-corrected chi connectivity index (χ0v) is 17.6. The van der Waals surface area contributed by atoms with E-state index in [1.165, 1.54) is 11.1 Å². The third-order valence-corrected chi connectivity index (χ3v) is 5.21. The number of benzene rings is 1. The number of hydrogen-bond acceptors (Lipinski definition) is 4. The van der Waals surface area contributed by atoms with Gasteiger partial charge >= 0.3 is 0 Å². The Morgan fingerprint density at radius 2 is 2.11 bits per heavy atom. The first-order valence-electron chi connectivity index (χ1n) is 9.76. The molecule has 2 aromatic rings. The van der Waals surface area contributed by atoms with Crippen molar-refractivity contribution in [2.24, 2.45) is 12.0 Å². The lowest BCUT2D eigenvalue weighted by Crippen LogP contribution is -2.49. The van der Waals surface area contributed by atoms with Gasteiger partial charge in [0.1, 0.15) is 6.10 Å². The van der Waals surface area contributed by atoms with Crippen LogP contribution in [-0.2, 0) is 11.8 Å². The molecule has 2 heterocycles. The summed E-state index contributed by atoms with van der Waals surface area (Å²) in [6.45, 7) is 5.18. The van der Waals surface area contributed by atoms with Crippen molar-refractivity contribution >= 4 is 5.96 Å². The summed E-state index contributed by atoms with van der Waals surface area (Å²) >= 11 is 0. The fourth-order valence-electron chi connectivity index (χ4n) is 3.56. The van der Waals surface area contributed by atoms with Crippen molar-refractivity contribution in [3.63, 3.8) is 0 Å². The summed E-state index contributed by atoms with van der Waals surface area (Å²) in [6.07, 6.45) is 3.91. The molecule has 7 heteroatoms. The number of nitrogens with zero attached hydrogens (tertiary/aromatic N) is 5. The fraction of sp³-hybridized carbons (Fsp3) is 0.524. The fourth-order valence-corrected chi connectivity index (χ4v) is 3.56. The Labute approximate surface area is 168 Å². The summed E-state index contributed by atoms with van der Waals surface area (Å²) in [5.74, 6) is 0.913. The minimum atomic E-state index is 0.0164. The summed E-state index contributed by atoms with van der Waals surface area (Å²) in [5.41, 5.74) is 3.68. The van der Waals surface area contributed by atoms with E-state index in [0.29, 0.717) is 6.61 Å². The lowest BCUT2D eigenvalue weighted by Gasteiger charge is -2.35. The molecule has 1 N–H and O–H groups in total. The molecule has 2 unspecified atom stereocenters. The van der Waals surface area contributed by atoms with E-state index >= 15 is 0 Å². The molecular formula is C21H32N6O. The van der Waals surface area contributed by atoms with E-state index in [2.05, 4.69) is 70.5 Å². The molecule has 3 rings (SSSR count). The lowest BCUT2D eigenvalue weighted by molar-refractivity contribution is -0.00811. The molecule has 152 valence electrons. The molecule has 2 atom stereocenters. The van der Waals surface area contributed by atoms with Gasteiger partial charge in [-0.05, 0) is 26.6 Å². The van der Waals surface area contributed by atoms with Crippen LogP contribution in [0.5, 0.6) is 0 Å². The number of rotatable bonds is 5. The van der Waals surface area contributed by atoms with Crippen LogP contribution in [0.1, 0.15) is 28.8 Å². The van der Waals surface area contributed by atoms with Crippen molar-refractivity contribution in [2.75, 3.05) is 47.4 Å². The highest BCUT2D eigenvalue weighted by Crippen LogP contribution is 2.22. The molecule has 0 aliphatic carbocycles. The van der Waals surface area contributed by atoms with Gasteiger partial charge in [0, 0.05) is 38.9 Å². The van der Waals surface area contributed by atoms with E-state index in [0.717, 1.165) is 31.2 Å². The second-order valence-corrected chi connectivity index (χ2v) is 7.57. The molecule has 1 aromatic carbocycles. The number of ether oxygens (including phenoxy) is 1. The molecular weight excluding hydrogens is 352 g/mol. The number of nitrogens with one attached hydrogen (secondary N) is 1. The molecule has 0 amide bonds. The third-order valence-electron chi connectivity index (χ3n) is 5.21. The van der Waals surface area contributed by atoms with Crippen molar-refractivity contribution in [3.8, 4) is 0 Å². The number of morpholine rings is 1. The highest BCUT2D eigenvalue weighted by molar-refractivity contribution is 5.80. The van der Waals surface area contributed by atoms with Crippen molar-refractivity contribution < 1.29 is 4.74 Å². The highest BCUT2D eigenvalue weighted by atomic mass is 16.5. The summed E-state index contributed by atoms with van der Waals surface area (Å²) in [4.78, 5) is 9.03. The summed E-state index contributed by atoms with van der Waals surface area (Å²) in [5, 5.41) is 7.84.